The zero-order chi connectivity index (χ0) is 22.3. The maximum Gasteiger partial charge on any atom is 0.230 e. The maximum atomic E-state index is 12.6. The lowest BCUT2D eigenvalue weighted by atomic mass is 10.1. The molecule has 32 heavy (non-hydrogen) atoms. The van der Waals surface area contributed by atoms with Crippen LogP contribution < -0.4 is 5.32 Å². The van der Waals surface area contributed by atoms with Crippen molar-refractivity contribution in [2.24, 2.45) is 0 Å². The molecule has 6 nitrogen and oxygen atoms in total. The van der Waals surface area contributed by atoms with Crippen LogP contribution in [0.15, 0.2) is 60.0 Å². The molecule has 7 heteroatoms. The summed E-state index contributed by atoms with van der Waals surface area (Å²) in [5.74, 6) is 0.332. The first kappa shape index (κ1) is 22.6. The number of imidazole rings is 1. The number of thioether (sulfide) groups is 1. The van der Waals surface area contributed by atoms with Crippen molar-refractivity contribution in [2.75, 3.05) is 32.1 Å². The van der Waals surface area contributed by atoms with Gasteiger partial charge in [-0.05, 0) is 48.2 Å². The number of ether oxygens (including phenoxy) is 1. The Kier molecular flexibility index (Phi) is 7.63. The van der Waals surface area contributed by atoms with Gasteiger partial charge in [0.25, 0.3) is 0 Å². The van der Waals surface area contributed by atoms with Crippen molar-refractivity contribution in [3.63, 3.8) is 0 Å². The molecule has 0 atom stereocenters. The monoisotopic (exact) mass is 450 g/mol. The third-order valence-corrected chi connectivity index (χ3v) is 6.77. The minimum atomic E-state index is 0.00538. The molecule has 0 aliphatic carbocycles. The minimum Gasteiger partial charge on any atom is -0.379 e. The van der Waals surface area contributed by atoms with Crippen LogP contribution in [-0.2, 0) is 22.6 Å². The predicted octanol–water partition coefficient (Wildman–Crippen LogP) is 3.73. The number of aromatic nitrogens is 2. The van der Waals surface area contributed by atoms with Crippen molar-refractivity contribution < 1.29 is 9.53 Å². The quantitative estimate of drug-likeness (QED) is 0.530. The summed E-state index contributed by atoms with van der Waals surface area (Å²) in [6.45, 7) is 9.10. The largest absolute Gasteiger partial charge is 0.379 e. The first-order valence-electron chi connectivity index (χ1n) is 11.0. The molecule has 1 N–H and O–H groups in total. The van der Waals surface area contributed by atoms with Crippen molar-refractivity contribution in [3.05, 3.63) is 77.1 Å². The molecule has 1 saturated heterocycles. The van der Waals surface area contributed by atoms with Crippen LogP contribution in [0.25, 0.3) is 5.69 Å². The fraction of sp³-hybridized carbons (Fsp3) is 0.360. The molecule has 2 heterocycles. The van der Waals surface area contributed by atoms with E-state index in [0.717, 1.165) is 49.3 Å². The van der Waals surface area contributed by atoms with Gasteiger partial charge in [-0.1, -0.05) is 42.1 Å². The van der Waals surface area contributed by atoms with Gasteiger partial charge < -0.3 is 10.1 Å². The van der Waals surface area contributed by atoms with Gasteiger partial charge in [0, 0.05) is 44.3 Å². The van der Waals surface area contributed by atoms with Gasteiger partial charge in [-0.25, -0.2) is 4.98 Å². The van der Waals surface area contributed by atoms with E-state index in [4.69, 9.17) is 4.74 Å². The third kappa shape index (κ3) is 5.79. The fourth-order valence-corrected chi connectivity index (χ4v) is 4.53. The van der Waals surface area contributed by atoms with E-state index in [2.05, 4.69) is 65.4 Å². The van der Waals surface area contributed by atoms with E-state index in [9.17, 15) is 4.79 Å². The Balaban J connectivity index is 1.32. The summed E-state index contributed by atoms with van der Waals surface area (Å²) in [4.78, 5) is 19.4. The number of carbonyl (C=O) groups is 1. The number of nitrogens with one attached hydrogen (secondary N) is 1. The minimum absolute atomic E-state index is 0.00538. The second-order valence-corrected chi connectivity index (χ2v) is 9.01. The predicted molar refractivity (Wildman–Crippen MR) is 128 cm³/mol. The second kappa shape index (κ2) is 10.8. The second-order valence-electron chi connectivity index (χ2n) is 8.07. The van der Waals surface area contributed by atoms with Crippen LogP contribution in [0, 0.1) is 13.8 Å². The standard InChI is InChI=1S/C25H30N4O2S/c1-19-7-8-23(15-20(19)2)29-10-9-26-25(29)32-18-24(30)27-16-21-5-3-4-6-22(21)17-28-11-13-31-14-12-28/h3-10,15H,11-14,16-18H2,1-2H3,(H,27,30). The number of morpholine rings is 1. The molecule has 2 aromatic carbocycles. The van der Waals surface area contributed by atoms with Crippen LogP contribution in [0.3, 0.4) is 0 Å². The van der Waals surface area contributed by atoms with E-state index in [-0.39, 0.29) is 5.91 Å². The molecule has 3 aromatic rings. The average molecular weight is 451 g/mol. The Morgan fingerprint density at radius 1 is 1.09 bits per heavy atom. The Morgan fingerprint density at radius 3 is 2.66 bits per heavy atom. The van der Waals surface area contributed by atoms with Crippen LogP contribution in [0.1, 0.15) is 22.3 Å². The Morgan fingerprint density at radius 2 is 1.88 bits per heavy atom. The Bertz CT molecular complexity index is 1060. The lowest BCUT2D eigenvalue weighted by molar-refractivity contribution is -0.118. The summed E-state index contributed by atoms with van der Waals surface area (Å²) in [5.41, 5.74) is 5.98. The van der Waals surface area contributed by atoms with Crippen molar-refractivity contribution in [3.8, 4) is 5.69 Å². The summed E-state index contributed by atoms with van der Waals surface area (Å²) in [7, 11) is 0. The van der Waals surface area contributed by atoms with E-state index in [0.29, 0.717) is 12.3 Å². The van der Waals surface area contributed by atoms with Gasteiger partial charge in [-0.2, -0.15) is 0 Å². The molecule has 0 radical (unpaired) electrons. The van der Waals surface area contributed by atoms with Gasteiger partial charge in [-0.3, -0.25) is 14.3 Å². The van der Waals surface area contributed by atoms with Crippen LogP contribution >= 0.6 is 11.8 Å². The number of nitrogens with zero attached hydrogens (tertiary/aromatic N) is 3. The van der Waals surface area contributed by atoms with Crippen molar-refractivity contribution in [1.82, 2.24) is 19.8 Å². The smallest absolute Gasteiger partial charge is 0.230 e. The summed E-state index contributed by atoms with van der Waals surface area (Å²) in [5, 5.41) is 3.89. The highest BCUT2D eigenvalue weighted by molar-refractivity contribution is 7.99. The van der Waals surface area contributed by atoms with Crippen LogP contribution in [0.5, 0.6) is 0 Å². The Hall–Kier alpha value is -2.61. The average Bonchev–Trinajstić information content (AvgIpc) is 3.28. The van der Waals surface area contributed by atoms with Gasteiger partial charge in [-0.15, -0.1) is 0 Å². The maximum absolute atomic E-state index is 12.6. The molecule has 1 fully saturated rings. The molecule has 1 aromatic heterocycles. The van der Waals surface area contributed by atoms with E-state index >= 15 is 0 Å². The number of hydrogen-bond donors (Lipinski definition) is 1. The number of carbonyl (C=O) groups excluding carboxylic acids is 1. The van der Waals surface area contributed by atoms with E-state index in [1.807, 2.05) is 16.8 Å². The highest BCUT2D eigenvalue weighted by Gasteiger charge is 2.14. The fourth-order valence-electron chi connectivity index (χ4n) is 3.73. The number of rotatable bonds is 8. The molecule has 4 rings (SSSR count). The van der Waals surface area contributed by atoms with Gasteiger partial charge in [0.1, 0.15) is 0 Å². The van der Waals surface area contributed by atoms with Gasteiger partial charge >= 0.3 is 0 Å². The van der Waals surface area contributed by atoms with Gasteiger partial charge in [0.2, 0.25) is 5.91 Å². The third-order valence-electron chi connectivity index (χ3n) is 5.80. The normalized spacial score (nSPS) is 14.4. The highest BCUT2D eigenvalue weighted by Crippen LogP contribution is 2.22. The zero-order valence-corrected chi connectivity index (χ0v) is 19.5. The SMILES string of the molecule is Cc1ccc(-n2ccnc2SCC(=O)NCc2ccccc2CN2CCOCC2)cc1C. The van der Waals surface area contributed by atoms with Gasteiger partial charge in [0.05, 0.1) is 19.0 Å². The lowest BCUT2D eigenvalue weighted by Crippen LogP contribution is -2.36. The van der Waals surface area contributed by atoms with Crippen molar-refractivity contribution >= 4 is 17.7 Å². The topological polar surface area (TPSA) is 59.4 Å². The van der Waals surface area contributed by atoms with Crippen molar-refractivity contribution in [1.29, 1.82) is 0 Å². The summed E-state index contributed by atoms with van der Waals surface area (Å²) < 4.78 is 7.47. The van der Waals surface area contributed by atoms with E-state index in [1.165, 1.54) is 28.5 Å². The Labute approximate surface area is 194 Å². The molecular formula is C25H30N4O2S. The molecule has 0 spiro atoms. The van der Waals surface area contributed by atoms with Crippen LogP contribution in [-0.4, -0.2) is 52.4 Å². The summed E-state index contributed by atoms with van der Waals surface area (Å²) >= 11 is 1.45. The van der Waals surface area contributed by atoms with Gasteiger partial charge in [0.15, 0.2) is 5.16 Å². The summed E-state index contributed by atoms with van der Waals surface area (Å²) in [6, 6.07) is 14.7. The van der Waals surface area contributed by atoms with E-state index < -0.39 is 0 Å². The number of amides is 1. The first-order chi connectivity index (χ1) is 15.6. The molecule has 0 saturated carbocycles. The first-order valence-corrected chi connectivity index (χ1v) is 12.0. The number of benzene rings is 2. The molecule has 0 unspecified atom stereocenters. The van der Waals surface area contributed by atoms with Crippen molar-refractivity contribution in [2.45, 2.75) is 32.1 Å². The van der Waals surface area contributed by atoms with Crippen LogP contribution in [0.4, 0.5) is 0 Å². The van der Waals surface area contributed by atoms with E-state index in [1.54, 1.807) is 6.20 Å². The molecule has 1 aliphatic heterocycles. The molecule has 168 valence electrons. The number of aryl methyl sites for hydroxylation is 2. The molecule has 1 amide bonds. The molecular weight excluding hydrogens is 420 g/mol. The molecule has 1 aliphatic rings. The lowest BCUT2D eigenvalue weighted by Gasteiger charge is -2.27. The van der Waals surface area contributed by atoms with Crippen LogP contribution in [0.2, 0.25) is 0 Å². The highest BCUT2D eigenvalue weighted by atomic mass is 32.2. The summed E-state index contributed by atoms with van der Waals surface area (Å²) in [6.07, 6.45) is 3.71. The number of hydrogen-bond acceptors (Lipinski definition) is 5. The molecule has 0 bridgehead atoms. The zero-order valence-electron chi connectivity index (χ0n) is 18.7.